The molecule has 1 rings (SSSR count). The van der Waals surface area contributed by atoms with E-state index in [0.717, 1.165) is 19.4 Å². The number of likely N-dealkylation sites (N-methyl/N-ethyl adjacent to an activating group) is 1. The molecule has 4 nitrogen and oxygen atoms in total. The second kappa shape index (κ2) is 6.36. The molecular weight excluding hydrogens is 218 g/mol. The van der Waals surface area contributed by atoms with Crippen LogP contribution in [0, 0.1) is 0 Å². The van der Waals surface area contributed by atoms with E-state index in [1.165, 1.54) is 0 Å². The predicted octanol–water partition coefficient (Wildman–Crippen LogP) is 1.83. The average molecular weight is 243 g/mol. The van der Waals surface area contributed by atoms with Crippen LogP contribution in [0.3, 0.4) is 0 Å². The minimum Gasteiger partial charge on any atom is -0.376 e. The zero-order valence-electron chi connectivity index (χ0n) is 11.5. The van der Waals surface area contributed by atoms with Crippen molar-refractivity contribution in [2.24, 2.45) is 0 Å². The smallest absolute Gasteiger partial charge is 0.248 e. The van der Waals surface area contributed by atoms with Crippen molar-refractivity contribution in [1.82, 2.24) is 4.90 Å². The lowest BCUT2D eigenvalue weighted by molar-refractivity contribution is -0.142. The first-order chi connectivity index (χ1) is 7.92. The summed E-state index contributed by atoms with van der Waals surface area (Å²) in [6.07, 6.45) is 2.38. The first kappa shape index (κ1) is 14.5. The van der Waals surface area contributed by atoms with Crippen molar-refractivity contribution in [3.63, 3.8) is 0 Å². The molecule has 1 atom stereocenters. The third kappa shape index (κ3) is 5.50. The molecule has 1 heterocycles. The first-order valence-corrected chi connectivity index (χ1v) is 6.45. The highest BCUT2D eigenvalue weighted by molar-refractivity contribution is 5.77. The maximum absolute atomic E-state index is 12.0. The van der Waals surface area contributed by atoms with Crippen LogP contribution < -0.4 is 0 Å². The van der Waals surface area contributed by atoms with E-state index in [1.54, 1.807) is 0 Å². The van der Waals surface area contributed by atoms with E-state index in [4.69, 9.17) is 9.47 Å². The van der Waals surface area contributed by atoms with Crippen molar-refractivity contribution in [2.75, 3.05) is 26.3 Å². The summed E-state index contributed by atoms with van der Waals surface area (Å²) >= 11 is 0. The van der Waals surface area contributed by atoms with Crippen molar-refractivity contribution in [1.29, 1.82) is 0 Å². The summed E-state index contributed by atoms with van der Waals surface area (Å²) in [7, 11) is 0. The maximum Gasteiger partial charge on any atom is 0.248 e. The molecule has 0 bridgehead atoms. The van der Waals surface area contributed by atoms with Crippen molar-refractivity contribution in [3.8, 4) is 0 Å². The zero-order chi connectivity index (χ0) is 12.9. The summed E-state index contributed by atoms with van der Waals surface area (Å²) in [6, 6.07) is 0. The van der Waals surface area contributed by atoms with Crippen LogP contribution in [-0.2, 0) is 14.3 Å². The third-order valence-electron chi connectivity index (χ3n) is 2.81. The number of amides is 1. The monoisotopic (exact) mass is 243 g/mol. The molecule has 0 aromatic heterocycles. The van der Waals surface area contributed by atoms with Gasteiger partial charge in [-0.2, -0.15) is 0 Å². The molecule has 1 aliphatic heterocycles. The highest BCUT2D eigenvalue weighted by Crippen LogP contribution is 2.14. The number of carbonyl (C=O) groups is 1. The molecule has 1 unspecified atom stereocenters. The molecule has 0 radical (unpaired) electrons. The molecule has 4 heteroatoms. The van der Waals surface area contributed by atoms with Gasteiger partial charge in [-0.1, -0.05) is 0 Å². The second-order valence-corrected chi connectivity index (χ2v) is 5.47. The van der Waals surface area contributed by atoms with E-state index >= 15 is 0 Å². The molecule has 0 aliphatic carbocycles. The number of rotatable bonds is 5. The normalized spacial score (nSPS) is 20.6. The van der Waals surface area contributed by atoms with Crippen LogP contribution in [0.4, 0.5) is 0 Å². The van der Waals surface area contributed by atoms with Gasteiger partial charge in [0.15, 0.2) is 0 Å². The van der Waals surface area contributed by atoms with Crippen molar-refractivity contribution >= 4 is 5.91 Å². The Morgan fingerprint density at radius 2 is 2.18 bits per heavy atom. The van der Waals surface area contributed by atoms with E-state index in [9.17, 15) is 4.79 Å². The summed E-state index contributed by atoms with van der Waals surface area (Å²) in [5.41, 5.74) is -0.265. The number of carbonyl (C=O) groups excluding carboxylic acids is 1. The van der Waals surface area contributed by atoms with E-state index < -0.39 is 0 Å². The number of nitrogens with zero attached hydrogens (tertiary/aromatic N) is 1. The fourth-order valence-electron chi connectivity index (χ4n) is 1.81. The molecule has 1 fully saturated rings. The van der Waals surface area contributed by atoms with Crippen molar-refractivity contribution < 1.29 is 14.3 Å². The molecule has 1 aliphatic rings. The fraction of sp³-hybridized carbons (Fsp3) is 0.923. The van der Waals surface area contributed by atoms with Crippen LogP contribution in [0.15, 0.2) is 0 Å². The highest BCUT2D eigenvalue weighted by atomic mass is 16.5. The van der Waals surface area contributed by atoms with E-state index in [-0.39, 0.29) is 24.2 Å². The van der Waals surface area contributed by atoms with Gasteiger partial charge < -0.3 is 14.4 Å². The second-order valence-electron chi connectivity index (χ2n) is 5.47. The lowest BCUT2D eigenvalue weighted by atomic mass is 10.2. The summed E-state index contributed by atoms with van der Waals surface area (Å²) < 4.78 is 11.1. The molecule has 0 saturated carbocycles. The van der Waals surface area contributed by atoms with Crippen LogP contribution >= 0.6 is 0 Å². The zero-order valence-corrected chi connectivity index (χ0v) is 11.5. The van der Waals surface area contributed by atoms with Gasteiger partial charge in [-0.15, -0.1) is 0 Å². The Bertz CT molecular complexity index is 242. The Kier molecular flexibility index (Phi) is 5.40. The topological polar surface area (TPSA) is 38.8 Å². The molecule has 1 saturated heterocycles. The first-order valence-electron chi connectivity index (χ1n) is 6.45. The fourth-order valence-corrected chi connectivity index (χ4v) is 1.81. The SMILES string of the molecule is CCN(CC1CCCO1)C(=O)COC(C)(C)C. The van der Waals surface area contributed by atoms with Crippen molar-refractivity contribution in [3.05, 3.63) is 0 Å². The van der Waals surface area contributed by atoms with Crippen LogP contribution in [0.1, 0.15) is 40.5 Å². The van der Waals surface area contributed by atoms with Crippen molar-refractivity contribution in [2.45, 2.75) is 52.2 Å². The third-order valence-corrected chi connectivity index (χ3v) is 2.81. The van der Waals surface area contributed by atoms with Gasteiger partial charge in [-0.3, -0.25) is 4.79 Å². The van der Waals surface area contributed by atoms with Crippen LogP contribution in [0.5, 0.6) is 0 Å². The van der Waals surface area contributed by atoms with Gasteiger partial charge in [0, 0.05) is 19.7 Å². The molecule has 0 aromatic rings. The Morgan fingerprint density at radius 1 is 1.47 bits per heavy atom. The molecule has 17 heavy (non-hydrogen) atoms. The summed E-state index contributed by atoms with van der Waals surface area (Å²) in [4.78, 5) is 13.8. The van der Waals surface area contributed by atoms with Crippen LogP contribution in [0.25, 0.3) is 0 Å². The lowest BCUT2D eigenvalue weighted by Crippen LogP contribution is -2.40. The molecule has 1 amide bonds. The largest absolute Gasteiger partial charge is 0.376 e. The molecule has 0 N–H and O–H groups in total. The Morgan fingerprint density at radius 3 is 2.65 bits per heavy atom. The van der Waals surface area contributed by atoms with Gasteiger partial charge in [0.25, 0.3) is 0 Å². The number of hydrogen-bond acceptors (Lipinski definition) is 3. The molecule has 100 valence electrons. The van der Waals surface area contributed by atoms with Gasteiger partial charge in [0.05, 0.1) is 11.7 Å². The van der Waals surface area contributed by atoms with Gasteiger partial charge in [-0.05, 0) is 40.5 Å². The minimum atomic E-state index is -0.265. The van der Waals surface area contributed by atoms with E-state index in [2.05, 4.69) is 0 Å². The predicted molar refractivity (Wildman–Crippen MR) is 66.9 cm³/mol. The van der Waals surface area contributed by atoms with Gasteiger partial charge in [-0.25, -0.2) is 0 Å². The number of hydrogen-bond donors (Lipinski definition) is 0. The van der Waals surface area contributed by atoms with E-state index in [0.29, 0.717) is 13.1 Å². The quantitative estimate of drug-likeness (QED) is 0.739. The lowest BCUT2D eigenvalue weighted by Gasteiger charge is -2.26. The Balaban J connectivity index is 2.35. The Labute approximate surface area is 104 Å². The minimum absolute atomic E-state index is 0.0536. The standard InChI is InChI=1S/C13H25NO3/c1-5-14(9-11-7-6-8-16-11)12(15)10-17-13(2,3)4/h11H,5-10H2,1-4H3. The van der Waals surface area contributed by atoms with Gasteiger partial charge in [0.2, 0.25) is 5.91 Å². The average Bonchev–Trinajstić information content (AvgIpc) is 2.74. The highest BCUT2D eigenvalue weighted by Gasteiger charge is 2.22. The maximum atomic E-state index is 12.0. The molecule has 0 aromatic carbocycles. The molecular formula is C13H25NO3. The van der Waals surface area contributed by atoms with Crippen LogP contribution in [0.2, 0.25) is 0 Å². The van der Waals surface area contributed by atoms with Crippen LogP contribution in [-0.4, -0.2) is 48.8 Å². The Hall–Kier alpha value is -0.610. The van der Waals surface area contributed by atoms with Gasteiger partial charge in [0.1, 0.15) is 6.61 Å². The summed E-state index contributed by atoms with van der Waals surface area (Å²) in [5, 5.41) is 0. The summed E-state index contributed by atoms with van der Waals surface area (Å²) in [5.74, 6) is 0.0536. The molecule has 0 spiro atoms. The number of ether oxygens (including phenoxy) is 2. The van der Waals surface area contributed by atoms with E-state index in [1.807, 2.05) is 32.6 Å². The van der Waals surface area contributed by atoms with Gasteiger partial charge >= 0.3 is 0 Å². The summed E-state index contributed by atoms with van der Waals surface area (Å²) in [6.45, 7) is 10.3.